The van der Waals surface area contributed by atoms with Crippen LogP contribution in [-0.2, 0) is 0 Å². The molecule has 1 aromatic rings. The van der Waals surface area contributed by atoms with Gasteiger partial charge in [-0.2, -0.15) is 0 Å². The molecule has 0 aliphatic heterocycles. The number of hydrogen-bond donors (Lipinski definition) is 1. The molecule has 0 radical (unpaired) electrons. The van der Waals surface area contributed by atoms with Crippen molar-refractivity contribution in [1.82, 2.24) is 5.32 Å². The van der Waals surface area contributed by atoms with Crippen molar-refractivity contribution < 1.29 is 0 Å². The monoisotopic (exact) mass is 257 g/mol. The van der Waals surface area contributed by atoms with Crippen molar-refractivity contribution in [3.05, 3.63) is 35.4 Å². The van der Waals surface area contributed by atoms with Gasteiger partial charge in [0, 0.05) is 0 Å². The summed E-state index contributed by atoms with van der Waals surface area (Å²) in [6.45, 7) is 4.51. The van der Waals surface area contributed by atoms with Crippen LogP contribution in [0.15, 0.2) is 24.3 Å². The molecule has 1 N–H and O–H groups in total. The first kappa shape index (κ1) is 13.2. The molecule has 0 bridgehead atoms. The molecule has 1 aromatic carbocycles. The molecular weight excluding hydrogens is 230 g/mol. The second kappa shape index (κ2) is 6.09. The van der Waals surface area contributed by atoms with Crippen molar-refractivity contribution >= 4 is 0 Å². The highest BCUT2D eigenvalue weighted by atomic mass is 14.8. The Labute approximate surface area is 117 Å². The third-order valence-corrected chi connectivity index (χ3v) is 5.26. The summed E-state index contributed by atoms with van der Waals surface area (Å²) in [5, 5.41) is 3.54. The molecular formula is C18H27N. The molecule has 1 heteroatoms. The van der Waals surface area contributed by atoms with Crippen molar-refractivity contribution in [1.29, 1.82) is 0 Å². The van der Waals surface area contributed by atoms with E-state index in [-0.39, 0.29) is 0 Å². The zero-order valence-electron chi connectivity index (χ0n) is 12.2. The molecule has 2 saturated carbocycles. The lowest BCUT2D eigenvalue weighted by Gasteiger charge is -2.26. The van der Waals surface area contributed by atoms with E-state index in [0.717, 1.165) is 24.3 Å². The fourth-order valence-corrected chi connectivity index (χ4v) is 3.81. The second-order valence-electron chi connectivity index (χ2n) is 6.40. The molecule has 0 heterocycles. The fourth-order valence-electron chi connectivity index (χ4n) is 3.81. The molecule has 0 amide bonds. The minimum absolute atomic E-state index is 0.800. The lowest BCUT2D eigenvalue weighted by atomic mass is 9.79. The molecule has 2 aliphatic carbocycles. The molecule has 2 atom stereocenters. The lowest BCUT2D eigenvalue weighted by Crippen LogP contribution is -2.24. The Kier molecular flexibility index (Phi) is 4.22. The summed E-state index contributed by atoms with van der Waals surface area (Å²) in [5.41, 5.74) is 3.17. The van der Waals surface area contributed by atoms with Crippen molar-refractivity contribution in [2.24, 2.45) is 5.92 Å². The third kappa shape index (κ3) is 2.86. The van der Waals surface area contributed by atoms with Crippen LogP contribution in [0, 0.1) is 5.92 Å². The molecule has 104 valence electrons. The van der Waals surface area contributed by atoms with Gasteiger partial charge in [-0.1, -0.05) is 44.0 Å². The molecule has 1 nitrogen and oxygen atoms in total. The minimum atomic E-state index is 0.800. The smallest absolute Gasteiger partial charge is 0.00148 e. The lowest BCUT2D eigenvalue weighted by molar-refractivity contribution is 0.419. The molecule has 2 aliphatic rings. The topological polar surface area (TPSA) is 12.0 Å². The first-order chi connectivity index (χ1) is 9.38. The van der Waals surface area contributed by atoms with Crippen LogP contribution in [0.25, 0.3) is 0 Å². The first-order valence-electron chi connectivity index (χ1n) is 8.19. The van der Waals surface area contributed by atoms with Gasteiger partial charge in [0.1, 0.15) is 0 Å². The van der Waals surface area contributed by atoms with E-state index >= 15 is 0 Å². The van der Waals surface area contributed by atoms with Crippen LogP contribution in [0.5, 0.6) is 0 Å². The Morgan fingerprint density at radius 1 is 0.947 bits per heavy atom. The molecule has 0 spiro atoms. The first-order valence-corrected chi connectivity index (χ1v) is 8.19. The average molecular weight is 257 g/mol. The van der Waals surface area contributed by atoms with Gasteiger partial charge in [-0.05, 0) is 67.7 Å². The summed E-state index contributed by atoms with van der Waals surface area (Å²) < 4.78 is 0. The molecule has 0 saturated heterocycles. The summed E-state index contributed by atoms with van der Waals surface area (Å²) in [5.74, 6) is 2.53. The third-order valence-electron chi connectivity index (χ3n) is 5.26. The van der Waals surface area contributed by atoms with E-state index in [9.17, 15) is 0 Å². The highest BCUT2D eigenvalue weighted by molar-refractivity contribution is 5.29. The Hall–Kier alpha value is -0.820. The number of hydrogen-bond acceptors (Lipinski definition) is 1. The maximum Gasteiger partial charge on any atom is -0.00148 e. The SMILES string of the molecule is CCNCC1CCCC1c1ccc(C2CCC2)cc1. The Morgan fingerprint density at radius 2 is 1.63 bits per heavy atom. The summed E-state index contributed by atoms with van der Waals surface area (Å²) in [7, 11) is 0. The van der Waals surface area contributed by atoms with Crippen molar-refractivity contribution in [3.63, 3.8) is 0 Å². The van der Waals surface area contributed by atoms with Gasteiger partial charge >= 0.3 is 0 Å². The van der Waals surface area contributed by atoms with Crippen LogP contribution in [0.3, 0.4) is 0 Å². The van der Waals surface area contributed by atoms with E-state index in [0.29, 0.717) is 0 Å². The predicted octanol–water partition coefficient (Wildman–Crippen LogP) is 4.45. The fraction of sp³-hybridized carbons (Fsp3) is 0.667. The Morgan fingerprint density at radius 3 is 2.26 bits per heavy atom. The van der Waals surface area contributed by atoms with E-state index in [1.807, 2.05) is 0 Å². The van der Waals surface area contributed by atoms with Gasteiger partial charge in [-0.25, -0.2) is 0 Å². The predicted molar refractivity (Wildman–Crippen MR) is 81.7 cm³/mol. The van der Waals surface area contributed by atoms with Gasteiger partial charge in [0.2, 0.25) is 0 Å². The molecule has 2 unspecified atom stereocenters. The van der Waals surface area contributed by atoms with Gasteiger partial charge in [0.05, 0.1) is 0 Å². The van der Waals surface area contributed by atoms with Crippen LogP contribution >= 0.6 is 0 Å². The maximum atomic E-state index is 3.54. The van der Waals surface area contributed by atoms with Gasteiger partial charge < -0.3 is 5.32 Å². The summed E-state index contributed by atoms with van der Waals surface area (Å²) >= 11 is 0. The van der Waals surface area contributed by atoms with Crippen LogP contribution in [-0.4, -0.2) is 13.1 Å². The number of benzene rings is 1. The van der Waals surface area contributed by atoms with E-state index in [4.69, 9.17) is 0 Å². The van der Waals surface area contributed by atoms with E-state index in [2.05, 4.69) is 36.5 Å². The van der Waals surface area contributed by atoms with Gasteiger partial charge in [0.25, 0.3) is 0 Å². The van der Waals surface area contributed by atoms with Crippen molar-refractivity contribution in [2.45, 2.75) is 57.3 Å². The summed E-state index contributed by atoms with van der Waals surface area (Å²) in [4.78, 5) is 0. The van der Waals surface area contributed by atoms with Gasteiger partial charge in [-0.3, -0.25) is 0 Å². The average Bonchev–Trinajstić information content (AvgIpc) is 2.83. The minimum Gasteiger partial charge on any atom is -0.317 e. The normalized spacial score (nSPS) is 27.4. The van der Waals surface area contributed by atoms with Crippen molar-refractivity contribution in [2.75, 3.05) is 13.1 Å². The van der Waals surface area contributed by atoms with E-state index in [1.54, 1.807) is 11.1 Å². The maximum absolute atomic E-state index is 3.54. The molecule has 3 rings (SSSR count). The van der Waals surface area contributed by atoms with Crippen molar-refractivity contribution in [3.8, 4) is 0 Å². The zero-order chi connectivity index (χ0) is 13.1. The van der Waals surface area contributed by atoms with Crippen LogP contribution in [0.4, 0.5) is 0 Å². The number of rotatable bonds is 5. The van der Waals surface area contributed by atoms with E-state index < -0.39 is 0 Å². The second-order valence-corrected chi connectivity index (χ2v) is 6.40. The largest absolute Gasteiger partial charge is 0.317 e. The van der Waals surface area contributed by atoms with Crippen LogP contribution in [0.1, 0.15) is 68.4 Å². The van der Waals surface area contributed by atoms with Crippen LogP contribution < -0.4 is 5.32 Å². The zero-order valence-corrected chi connectivity index (χ0v) is 12.2. The molecule has 2 fully saturated rings. The summed E-state index contributed by atoms with van der Waals surface area (Å²) in [6, 6.07) is 9.65. The highest BCUT2D eigenvalue weighted by Crippen LogP contribution is 2.41. The molecule has 0 aromatic heterocycles. The van der Waals surface area contributed by atoms with Crippen LogP contribution in [0.2, 0.25) is 0 Å². The summed E-state index contributed by atoms with van der Waals surface area (Å²) in [6.07, 6.45) is 8.45. The highest BCUT2D eigenvalue weighted by Gasteiger charge is 2.28. The molecule has 19 heavy (non-hydrogen) atoms. The number of nitrogens with one attached hydrogen (secondary N) is 1. The quantitative estimate of drug-likeness (QED) is 0.822. The van der Waals surface area contributed by atoms with Gasteiger partial charge in [0.15, 0.2) is 0 Å². The Balaban J connectivity index is 1.66. The van der Waals surface area contributed by atoms with Gasteiger partial charge in [-0.15, -0.1) is 0 Å². The standard InChI is InChI=1S/C18H27N/c1-2-19-13-17-7-4-8-18(17)16-11-9-15(10-12-16)14-5-3-6-14/h9-12,14,17-19H,2-8,13H2,1H3. The Bertz CT molecular complexity index is 391. The van der Waals surface area contributed by atoms with E-state index in [1.165, 1.54) is 45.1 Å².